The van der Waals surface area contributed by atoms with Gasteiger partial charge < -0.3 is 5.73 Å². The Labute approximate surface area is 88.8 Å². The fraction of sp³-hybridized carbons (Fsp3) is 1.00. The van der Waals surface area contributed by atoms with E-state index in [1.807, 2.05) is 0 Å². The van der Waals surface area contributed by atoms with Gasteiger partial charge in [0.05, 0.1) is 0 Å². The van der Waals surface area contributed by atoms with E-state index < -0.39 is 0 Å². The van der Waals surface area contributed by atoms with Crippen LogP contribution in [0.15, 0.2) is 0 Å². The van der Waals surface area contributed by atoms with Gasteiger partial charge in [0.1, 0.15) is 0 Å². The third-order valence-corrected chi connectivity index (χ3v) is 4.22. The van der Waals surface area contributed by atoms with Gasteiger partial charge in [0.2, 0.25) is 0 Å². The summed E-state index contributed by atoms with van der Waals surface area (Å²) in [4.78, 5) is 2.59. The molecule has 1 fully saturated rings. The molecular weight excluding hydrogens is 172 g/mol. The number of hydrogen-bond donors (Lipinski definition) is 1. The summed E-state index contributed by atoms with van der Waals surface area (Å²) in [5.74, 6) is 1.73. The van der Waals surface area contributed by atoms with Crippen molar-refractivity contribution in [2.75, 3.05) is 19.6 Å². The summed E-state index contributed by atoms with van der Waals surface area (Å²) in [6, 6.07) is 0. The second kappa shape index (κ2) is 4.63. The molecule has 0 spiro atoms. The number of nitrogens with two attached hydrogens (primary N) is 1. The van der Waals surface area contributed by atoms with Gasteiger partial charge in [-0.1, -0.05) is 27.7 Å². The number of rotatable bonds is 5. The molecule has 1 heterocycles. The molecule has 1 aliphatic heterocycles. The molecule has 0 atom stereocenters. The summed E-state index contributed by atoms with van der Waals surface area (Å²) >= 11 is 0. The molecule has 0 aromatic heterocycles. The minimum atomic E-state index is 0.297. The van der Waals surface area contributed by atoms with Crippen molar-refractivity contribution in [2.45, 2.75) is 46.1 Å². The third-order valence-electron chi connectivity index (χ3n) is 4.22. The van der Waals surface area contributed by atoms with Crippen LogP contribution in [0.25, 0.3) is 0 Å². The van der Waals surface area contributed by atoms with Crippen LogP contribution in [0.5, 0.6) is 0 Å². The molecule has 0 bridgehead atoms. The second-order valence-corrected chi connectivity index (χ2v) is 5.04. The zero-order valence-corrected chi connectivity index (χ0v) is 10.2. The molecule has 0 unspecified atom stereocenters. The first-order valence-corrected chi connectivity index (χ1v) is 6.04. The number of hydrogen-bond acceptors (Lipinski definition) is 2. The lowest BCUT2D eigenvalue weighted by Gasteiger charge is -2.53. The highest BCUT2D eigenvalue weighted by atomic mass is 15.3. The van der Waals surface area contributed by atoms with Gasteiger partial charge in [0.25, 0.3) is 0 Å². The molecule has 0 amide bonds. The molecular formula is C12H26N2. The van der Waals surface area contributed by atoms with E-state index in [0.29, 0.717) is 5.54 Å². The minimum absolute atomic E-state index is 0.297. The predicted octanol–water partition coefficient (Wildman–Crippen LogP) is 2.09. The van der Waals surface area contributed by atoms with Crippen LogP contribution in [-0.4, -0.2) is 30.1 Å². The first-order valence-electron chi connectivity index (χ1n) is 6.04. The maximum absolute atomic E-state index is 5.92. The van der Waals surface area contributed by atoms with Crippen molar-refractivity contribution < 1.29 is 0 Å². The van der Waals surface area contributed by atoms with Crippen molar-refractivity contribution in [2.24, 2.45) is 17.6 Å². The van der Waals surface area contributed by atoms with Gasteiger partial charge in [-0.2, -0.15) is 0 Å². The van der Waals surface area contributed by atoms with E-state index in [2.05, 4.69) is 32.6 Å². The third kappa shape index (κ3) is 1.96. The molecule has 1 rings (SSSR count). The fourth-order valence-corrected chi connectivity index (χ4v) is 2.44. The Bertz CT molecular complexity index is 159. The molecule has 0 radical (unpaired) electrons. The summed E-state index contributed by atoms with van der Waals surface area (Å²) in [6.07, 6.45) is 2.37. The average Bonchev–Trinajstić information content (AvgIpc) is 2.10. The molecule has 1 aliphatic rings. The molecule has 1 saturated heterocycles. The smallest absolute Gasteiger partial charge is 0.0326 e. The highest BCUT2D eigenvalue weighted by Crippen LogP contribution is 2.33. The highest BCUT2D eigenvalue weighted by Gasteiger charge is 2.40. The topological polar surface area (TPSA) is 29.3 Å². The molecule has 2 N–H and O–H groups in total. The van der Waals surface area contributed by atoms with Crippen molar-refractivity contribution >= 4 is 0 Å². The van der Waals surface area contributed by atoms with Crippen LogP contribution in [0.1, 0.15) is 40.5 Å². The van der Waals surface area contributed by atoms with Crippen molar-refractivity contribution in [1.29, 1.82) is 0 Å². The predicted molar refractivity (Wildman–Crippen MR) is 62.3 cm³/mol. The maximum atomic E-state index is 5.92. The van der Waals surface area contributed by atoms with Gasteiger partial charge in [-0.05, 0) is 24.7 Å². The number of likely N-dealkylation sites (tertiary alicyclic amines) is 1. The molecule has 2 nitrogen and oxygen atoms in total. The lowest BCUT2D eigenvalue weighted by molar-refractivity contribution is -0.0332. The Morgan fingerprint density at radius 2 is 1.79 bits per heavy atom. The molecule has 0 aliphatic carbocycles. The van der Waals surface area contributed by atoms with Crippen LogP contribution in [-0.2, 0) is 0 Å². The maximum Gasteiger partial charge on any atom is 0.0326 e. The molecule has 14 heavy (non-hydrogen) atoms. The fourth-order valence-electron chi connectivity index (χ4n) is 2.44. The van der Waals surface area contributed by atoms with Crippen molar-refractivity contribution in [1.82, 2.24) is 4.90 Å². The highest BCUT2D eigenvalue weighted by molar-refractivity contribution is 4.97. The first-order chi connectivity index (χ1) is 6.59. The summed E-state index contributed by atoms with van der Waals surface area (Å²) in [5, 5.41) is 0. The van der Waals surface area contributed by atoms with Gasteiger partial charge in [-0.25, -0.2) is 0 Å². The van der Waals surface area contributed by atoms with Gasteiger partial charge in [0.15, 0.2) is 0 Å². The van der Waals surface area contributed by atoms with Gasteiger partial charge in [0, 0.05) is 25.2 Å². The second-order valence-electron chi connectivity index (χ2n) is 5.04. The van der Waals surface area contributed by atoms with Crippen LogP contribution >= 0.6 is 0 Å². The standard InChI is InChI=1S/C12H26N2/c1-5-12(6-2,9-13)14-7-11(8-14)10(3)4/h10-11H,5-9,13H2,1-4H3. The van der Waals surface area contributed by atoms with Crippen LogP contribution in [0.3, 0.4) is 0 Å². The lowest BCUT2D eigenvalue weighted by atomic mass is 9.80. The van der Waals surface area contributed by atoms with E-state index in [1.54, 1.807) is 0 Å². The monoisotopic (exact) mass is 198 g/mol. The number of nitrogens with zero attached hydrogens (tertiary/aromatic N) is 1. The Kier molecular flexibility index (Phi) is 3.96. The lowest BCUT2D eigenvalue weighted by Crippen LogP contribution is -2.63. The Balaban J connectivity index is 2.50. The van der Waals surface area contributed by atoms with Crippen LogP contribution < -0.4 is 5.73 Å². The largest absolute Gasteiger partial charge is 0.329 e. The summed E-state index contributed by atoms with van der Waals surface area (Å²) in [5.41, 5.74) is 6.22. The zero-order chi connectivity index (χ0) is 10.8. The molecule has 0 aromatic carbocycles. The van der Waals surface area contributed by atoms with E-state index in [0.717, 1.165) is 18.4 Å². The van der Waals surface area contributed by atoms with Crippen LogP contribution in [0.4, 0.5) is 0 Å². The Hall–Kier alpha value is -0.0800. The van der Waals surface area contributed by atoms with E-state index in [-0.39, 0.29) is 0 Å². The SMILES string of the molecule is CCC(CC)(CN)N1CC(C(C)C)C1. The normalized spacial score (nSPS) is 20.1. The molecule has 0 aromatic rings. The van der Waals surface area contributed by atoms with Crippen molar-refractivity contribution in [3.8, 4) is 0 Å². The molecule has 0 saturated carbocycles. The van der Waals surface area contributed by atoms with Crippen LogP contribution in [0, 0.1) is 11.8 Å². The van der Waals surface area contributed by atoms with Crippen molar-refractivity contribution in [3.05, 3.63) is 0 Å². The van der Waals surface area contributed by atoms with Gasteiger partial charge >= 0.3 is 0 Å². The van der Waals surface area contributed by atoms with E-state index >= 15 is 0 Å². The quantitative estimate of drug-likeness (QED) is 0.733. The Morgan fingerprint density at radius 3 is 2.07 bits per heavy atom. The van der Waals surface area contributed by atoms with E-state index in [1.165, 1.54) is 25.9 Å². The summed E-state index contributed by atoms with van der Waals surface area (Å²) < 4.78 is 0. The molecule has 2 heteroatoms. The average molecular weight is 198 g/mol. The van der Waals surface area contributed by atoms with Gasteiger partial charge in [-0.15, -0.1) is 0 Å². The first kappa shape index (κ1) is 12.0. The van der Waals surface area contributed by atoms with Crippen molar-refractivity contribution in [3.63, 3.8) is 0 Å². The summed E-state index contributed by atoms with van der Waals surface area (Å²) in [6.45, 7) is 12.5. The van der Waals surface area contributed by atoms with Crippen LogP contribution in [0.2, 0.25) is 0 Å². The minimum Gasteiger partial charge on any atom is -0.329 e. The summed E-state index contributed by atoms with van der Waals surface area (Å²) in [7, 11) is 0. The zero-order valence-electron chi connectivity index (χ0n) is 10.2. The Morgan fingerprint density at radius 1 is 1.29 bits per heavy atom. The van der Waals surface area contributed by atoms with E-state index in [9.17, 15) is 0 Å². The molecule has 84 valence electrons. The van der Waals surface area contributed by atoms with Gasteiger partial charge in [-0.3, -0.25) is 4.90 Å². The van der Waals surface area contributed by atoms with E-state index in [4.69, 9.17) is 5.73 Å².